The molecule has 0 aliphatic heterocycles. The summed E-state index contributed by atoms with van der Waals surface area (Å²) < 4.78 is 27.6. The summed E-state index contributed by atoms with van der Waals surface area (Å²) in [5.74, 6) is -0.376. The van der Waals surface area contributed by atoms with Crippen molar-refractivity contribution >= 4 is 12.9 Å². The highest BCUT2D eigenvalue weighted by molar-refractivity contribution is 5.71. The van der Waals surface area contributed by atoms with E-state index in [0.717, 1.165) is 12.0 Å². The number of hydrogen-bond acceptors (Lipinski definition) is 3. The van der Waals surface area contributed by atoms with Crippen LogP contribution in [-0.4, -0.2) is 37.5 Å². The molecular weight excluding hydrogens is 332 g/mol. The molecule has 0 bridgehead atoms. The predicted molar refractivity (Wildman–Crippen MR) is 105 cm³/mol. The summed E-state index contributed by atoms with van der Waals surface area (Å²) in [5, 5.41) is 0. The molecule has 1 saturated carbocycles. The summed E-state index contributed by atoms with van der Waals surface area (Å²) in [4.78, 5) is 10.1. The van der Waals surface area contributed by atoms with Gasteiger partial charge >= 0.3 is 0 Å². The van der Waals surface area contributed by atoms with Gasteiger partial charge in [-0.05, 0) is 75.7 Å². The van der Waals surface area contributed by atoms with E-state index in [1.54, 1.807) is 18.5 Å². The van der Waals surface area contributed by atoms with E-state index in [1.165, 1.54) is 24.6 Å². The van der Waals surface area contributed by atoms with Gasteiger partial charge in [0.25, 0.3) is 0 Å². The van der Waals surface area contributed by atoms with Gasteiger partial charge in [0.2, 0.25) is 0 Å². The number of hydrogen-bond donors (Lipinski definition) is 0. The highest BCUT2D eigenvalue weighted by atomic mass is 19.1. The lowest BCUT2D eigenvalue weighted by Gasteiger charge is -2.22. The lowest BCUT2D eigenvalue weighted by Crippen LogP contribution is -2.27. The maximum atomic E-state index is 13.8. The summed E-state index contributed by atoms with van der Waals surface area (Å²) in [6.45, 7) is 9.68. The van der Waals surface area contributed by atoms with Crippen LogP contribution < -0.4 is 0 Å². The Morgan fingerprint density at radius 3 is 2.65 bits per heavy atom. The Morgan fingerprint density at radius 2 is 2.04 bits per heavy atom. The van der Waals surface area contributed by atoms with Crippen LogP contribution in [0, 0.1) is 24.5 Å². The third kappa shape index (κ3) is 5.10. The lowest BCUT2D eigenvalue weighted by atomic mass is 10.0. The molecule has 2 rings (SSSR count). The Bertz CT molecular complexity index is 714. The smallest absolute Gasteiger partial charge is 0.129 e. The summed E-state index contributed by atoms with van der Waals surface area (Å²) in [5.41, 5.74) is 2.07. The van der Waals surface area contributed by atoms with Gasteiger partial charge in [-0.25, -0.2) is 8.78 Å². The SMILES string of the molecule is C=N/C=C\C=N/CC(C)N(C)/C=C(\C)C1CC1c1cc(F)c(C)c(F)c1. The van der Waals surface area contributed by atoms with Gasteiger partial charge < -0.3 is 4.90 Å². The van der Waals surface area contributed by atoms with Crippen molar-refractivity contribution in [1.29, 1.82) is 0 Å². The summed E-state index contributed by atoms with van der Waals surface area (Å²) in [6, 6.07) is 3.20. The minimum Gasteiger partial charge on any atom is -0.376 e. The first-order valence-corrected chi connectivity index (χ1v) is 8.81. The molecule has 0 heterocycles. The first kappa shape index (κ1) is 20.0. The minimum absolute atomic E-state index is 0.0889. The van der Waals surface area contributed by atoms with E-state index in [1.807, 2.05) is 7.05 Å². The summed E-state index contributed by atoms with van der Waals surface area (Å²) in [6.07, 6.45) is 8.10. The van der Waals surface area contributed by atoms with Crippen molar-refractivity contribution in [3.8, 4) is 0 Å². The van der Waals surface area contributed by atoms with Gasteiger partial charge in [-0.3, -0.25) is 9.98 Å². The molecule has 140 valence electrons. The third-order valence-electron chi connectivity index (χ3n) is 4.96. The molecule has 1 aliphatic carbocycles. The highest BCUT2D eigenvalue weighted by Gasteiger charge is 2.40. The number of halogens is 2. The predicted octanol–water partition coefficient (Wildman–Crippen LogP) is 4.89. The zero-order valence-corrected chi connectivity index (χ0v) is 15.9. The lowest BCUT2D eigenvalue weighted by molar-refractivity contribution is 0.355. The fraction of sp³-hybridized carbons (Fsp3) is 0.429. The number of aliphatic imine (C=N–C) groups is 2. The first-order valence-electron chi connectivity index (χ1n) is 8.81. The Morgan fingerprint density at radius 1 is 1.38 bits per heavy atom. The van der Waals surface area contributed by atoms with Gasteiger partial charge in [0.15, 0.2) is 0 Å². The maximum Gasteiger partial charge on any atom is 0.129 e. The molecule has 1 aromatic rings. The average molecular weight is 359 g/mol. The van der Waals surface area contributed by atoms with Gasteiger partial charge in [-0.2, -0.15) is 0 Å². The number of benzene rings is 1. The van der Waals surface area contributed by atoms with Crippen molar-refractivity contribution in [1.82, 2.24) is 4.90 Å². The molecule has 1 aliphatic rings. The quantitative estimate of drug-likeness (QED) is 0.608. The Kier molecular flexibility index (Phi) is 6.83. The number of allylic oxidation sites excluding steroid dienone is 2. The summed E-state index contributed by atoms with van der Waals surface area (Å²) >= 11 is 0. The van der Waals surface area contributed by atoms with Crippen LogP contribution in [0.15, 0.2) is 46.2 Å². The maximum absolute atomic E-state index is 13.8. The van der Waals surface area contributed by atoms with E-state index in [-0.39, 0.29) is 17.5 Å². The molecule has 3 atom stereocenters. The molecule has 0 saturated heterocycles. The molecule has 0 N–H and O–H groups in total. The largest absolute Gasteiger partial charge is 0.376 e. The van der Waals surface area contributed by atoms with Crippen LogP contribution >= 0.6 is 0 Å². The van der Waals surface area contributed by atoms with E-state index in [9.17, 15) is 8.78 Å². The number of likely N-dealkylation sites (N-methyl/N-ethyl adjacent to an activating group) is 1. The van der Waals surface area contributed by atoms with Gasteiger partial charge in [0.1, 0.15) is 11.6 Å². The monoisotopic (exact) mass is 359 g/mol. The minimum atomic E-state index is -0.461. The van der Waals surface area contributed by atoms with Crippen LogP contribution in [0.2, 0.25) is 0 Å². The van der Waals surface area contributed by atoms with Crippen molar-refractivity contribution in [3.05, 3.63) is 58.9 Å². The van der Waals surface area contributed by atoms with Gasteiger partial charge in [-0.15, -0.1) is 0 Å². The normalized spacial score (nSPS) is 21.4. The Balaban J connectivity index is 1.95. The molecule has 3 unspecified atom stereocenters. The fourth-order valence-electron chi connectivity index (χ4n) is 2.99. The van der Waals surface area contributed by atoms with Crippen LogP contribution in [0.5, 0.6) is 0 Å². The zero-order chi connectivity index (χ0) is 19.3. The van der Waals surface area contributed by atoms with E-state index in [4.69, 9.17) is 0 Å². The Labute approximate surface area is 154 Å². The second-order valence-electron chi connectivity index (χ2n) is 6.98. The zero-order valence-electron chi connectivity index (χ0n) is 15.9. The van der Waals surface area contributed by atoms with Crippen LogP contribution in [0.25, 0.3) is 0 Å². The molecule has 3 nitrogen and oxygen atoms in total. The average Bonchev–Trinajstić information content (AvgIpc) is 3.39. The van der Waals surface area contributed by atoms with Crippen LogP contribution in [0.1, 0.15) is 37.3 Å². The molecular formula is C21H27F2N3. The van der Waals surface area contributed by atoms with Crippen molar-refractivity contribution in [2.75, 3.05) is 13.6 Å². The fourth-order valence-corrected chi connectivity index (χ4v) is 2.99. The van der Waals surface area contributed by atoms with Crippen LogP contribution in [0.4, 0.5) is 8.78 Å². The van der Waals surface area contributed by atoms with Crippen LogP contribution in [-0.2, 0) is 0 Å². The molecule has 0 aromatic heterocycles. The number of nitrogens with zero attached hydrogens (tertiary/aromatic N) is 3. The van der Waals surface area contributed by atoms with Crippen molar-refractivity contribution in [3.63, 3.8) is 0 Å². The van der Waals surface area contributed by atoms with E-state index >= 15 is 0 Å². The van der Waals surface area contributed by atoms with E-state index in [2.05, 4.69) is 41.6 Å². The molecule has 26 heavy (non-hydrogen) atoms. The van der Waals surface area contributed by atoms with Crippen molar-refractivity contribution in [2.45, 2.75) is 39.2 Å². The first-order chi connectivity index (χ1) is 12.3. The molecule has 5 heteroatoms. The van der Waals surface area contributed by atoms with E-state index in [0.29, 0.717) is 12.5 Å². The van der Waals surface area contributed by atoms with Crippen LogP contribution in [0.3, 0.4) is 0 Å². The van der Waals surface area contributed by atoms with E-state index < -0.39 is 11.6 Å². The summed E-state index contributed by atoms with van der Waals surface area (Å²) in [7, 11) is 2.02. The standard InChI is InChI=1S/C21H27F2N3/c1-14(13-26(5)15(2)12-25-8-6-7-24-4)18-11-19(18)17-9-20(22)16(3)21(23)10-17/h6-10,13,15,18-19H,4,11-12H2,1-3,5H3/b7-6-,14-13+,25-8-. The highest BCUT2D eigenvalue weighted by Crippen LogP contribution is 2.52. The molecule has 1 aromatic carbocycles. The second-order valence-corrected chi connectivity index (χ2v) is 6.98. The molecule has 0 radical (unpaired) electrons. The van der Waals surface area contributed by atoms with Gasteiger partial charge in [0.05, 0.1) is 6.54 Å². The number of rotatable bonds is 8. The Hall–Kier alpha value is -2.30. The molecule has 0 amide bonds. The van der Waals surface area contributed by atoms with Gasteiger partial charge in [0, 0.05) is 31.1 Å². The van der Waals surface area contributed by atoms with Gasteiger partial charge in [-0.1, -0.05) is 5.57 Å². The third-order valence-corrected chi connectivity index (χ3v) is 4.96. The molecule has 1 fully saturated rings. The van der Waals surface area contributed by atoms with Crippen molar-refractivity contribution in [2.24, 2.45) is 15.9 Å². The second kappa shape index (κ2) is 8.88. The van der Waals surface area contributed by atoms with Crippen molar-refractivity contribution < 1.29 is 8.78 Å². The molecule has 0 spiro atoms. The topological polar surface area (TPSA) is 28.0 Å².